The largest absolute Gasteiger partial charge is 0.352 e. The van der Waals surface area contributed by atoms with Crippen molar-refractivity contribution in [1.29, 1.82) is 0 Å². The quantitative estimate of drug-likeness (QED) is 0.699. The van der Waals surface area contributed by atoms with Crippen molar-refractivity contribution < 1.29 is 4.79 Å². The SMILES string of the molecule is [CH]c1cccc(C(=O)NCC)c1. The Labute approximate surface area is 72.6 Å². The van der Waals surface area contributed by atoms with Gasteiger partial charge in [-0.05, 0) is 31.5 Å². The van der Waals surface area contributed by atoms with Crippen LogP contribution in [-0.2, 0) is 0 Å². The van der Waals surface area contributed by atoms with Crippen LogP contribution < -0.4 is 5.32 Å². The van der Waals surface area contributed by atoms with Crippen LogP contribution in [0, 0.1) is 6.92 Å². The molecule has 0 bridgehead atoms. The van der Waals surface area contributed by atoms with Gasteiger partial charge in [0.15, 0.2) is 0 Å². The van der Waals surface area contributed by atoms with Gasteiger partial charge >= 0.3 is 0 Å². The van der Waals surface area contributed by atoms with Crippen molar-refractivity contribution >= 4 is 5.91 Å². The first kappa shape index (κ1) is 8.78. The topological polar surface area (TPSA) is 29.1 Å². The Morgan fingerprint density at radius 2 is 2.33 bits per heavy atom. The molecule has 1 N–H and O–H groups in total. The molecule has 62 valence electrons. The van der Waals surface area contributed by atoms with Gasteiger partial charge in [-0.15, -0.1) is 0 Å². The van der Waals surface area contributed by atoms with Gasteiger partial charge in [0.2, 0.25) is 0 Å². The minimum absolute atomic E-state index is 0.0789. The van der Waals surface area contributed by atoms with Gasteiger partial charge in [0, 0.05) is 12.1 Å². The third-order valence-corrected chi connectivity index (χ3v) is 1.49. The summed E-state index contributed by atoms with van der Waals surface area (Å²) in [5.74, 6) is -0.0789. The molecule has 0 aliphatic heterocycles. The monoisotopic (exact) mass is 161 g/mol. The summed E-state index contributed by atoms with van der Waals surface area (Å²) in [4.78, 5) is 11.2. The van der Waals surface area contributed by atoms with E-state index < -0.39 is 0 Å². The van der Waals surface area contributed by atoms with Crippen LogP contribution >= 0.6 is 0 Å². The molecule has 0 aromatic heterocycles. The lowest BCUT2D eigenvalue weighted by molar-refractivity contribution is 0.0956. The van der Waals surface area contributed by atoms with Crippen LogP contribution in [0.2, 0.25) is 0 Å². The van der Waals surface area contributed by atoms with E-state index in [0.717, 1.165) is 0 Å². The molecule has 0 heterocycles. The molecule has 0 saturated carbocycles. The van der Waals surface area contributed by atoms with E-state index in [1.54, 1.807) is 24.3 Å². The molecule has 1 amide bonds. The minimum atomic E-state index is -0.0789. The predicted molar refractivity (Wildman–Crippen MR) is 47.9 cm³/mol. The number of carbonyl (C=O) groups excluding carboxylic acids is 1. The summed E-state index contributed by atoms with van der Waals surface area (Å²) in [7, 11) is 0. The molecule has 2 nitrogen and oxygen atoms in total. The Bertz CT molecular complexity index is 281. The summed E-state index contributed by atoms with van der Waals surface area (Å²) >= 11 is 0. The van der Waals surface area contributed by atoms with Crippen LogP contribution in [0.25, 0.3) is 0 Å². The summed E-state index contributed by atoms with van der Waals surface area (Å²) in [6.45, 7) is 8.02. The third-order valence-electron chi connectivity index (χ3n) is 1.49. The molecule has 0 spiro atoms. The zero-order chi connectivity index (χ0) is 8.97. The number of hydrogen-bond donors (Lipinski definition) is 1. The van der Waals surface area contributed by atoms with Crippen LogP contribution in [0.3, 0.4) is 0 Å². The zero-order valence-electron chi connectivity index (χ0n) is 7.00. The molecule has 0 aliphatic carbocycles. The van der Waals surface area contributed by atoms with E-state index in [9.17, 15) is 4.79 Å². The summed E-state index contributed by atoms with van der Waals surface area (Å²) < 4.78 is 0. The van der Waals surface area contributed by atoms with E-state index in [-0.39, 0.29) is 5.91 Å². The van der Waals surface area contributed by atoms with Crippen LogP contribution in [0.5, 0.6) is 0 Å². The Kier molecular flexibility index (Phi) is 2.86. The highest BCUT2D eigenvalue weighted by atomic mass is 16.1. The number of rotatable bonds is 2. The van der Waals surface area contributed by atoms with Crippen LogP contribution in [0.4, 0.5) is 0 Å². The molecule has 2 heteroatoms. The normalized spacial score (nSPS) is 9.50. The number of nitrogens with one attached hydrogen (secondary N) is 1. The van der Waals surface area contributed by atoms with Crippen molar-refractivity contribution in [3.05, 3.63) is 42.3 Å². The van der Waals surface area contributed by atoms with Crippen LogP contribution in [-0.4, -0.2) is 12.5 Å². The fraction of sp³-hybridized carbons (Fsp3) is 0.200. The van der Waals surface area contributed by atoms with Gasteiger partial charge in [-0.1, -0.05) is 12.1 Å². The van der Waals surface area contributed by atoms with Crippen molar-refractivity contribution in [3.8, 4) is 0 Å². The van der Waals surface area contributed by atoms with E-state index in [4.69, 9.17) is 6.92 Å². The van der Waals surface area contributed by atoms with E-state index >= 15 is 0 Å². The van der Waals surface area contributed by atoms with Crippen molar-refractivity contribution in [1.82, 2.24) is 5.32 Å². The third kappa shape index (κ3) is 2.09. The molecule has 0 fully saturated rings. The lowest BCUT2D eigenvalue weighted by atomic mass is 10.1. The maximum Gasteiger partial charge on any atom is 0.251 e. The van der Waals surface area contributed by atoms with Crippen molar-refractivity contribution in [3.63, 3.8) is 0 Å². The first-order valence-electron chi connectivity index (χ1n) is 3.87. The summed E-state index contributed by atoms with van der Waals surface area (Å²) in [6.07, 6.45) is 0. The Hall–Kier alpha value is -1.31. The van der Waals surface area contributed by atoms with E-state index in [2.05, 4.69) is 5.32 Å². The highest BCUT2D eigenvalue weighted by Crippen LogP contribution is 2.02. The molecule has 1 rings (SSSR count). The van der Waals surface area contributed by atoms with Gasteiger partial charge in [0.05, 0.1) is 0 Å². The zero-order valence-corrected chi connectivity index (χ0v) is 7.00. The second kappa shape index (κ2) is 3.90. The fourth-order valence-corrected chi connectivity index (χ4v) is 0.943. The summed E-state index contributed by atoms with van der Waals surface area (Å²) in [5, 5.41) is 2.69. The second-order valence-electron chi connectivity index (χ2n) is 2.48. The van der Waals surface area contributed by atoms with Gasteiger partial charge < -0.3 is 5.32 Å². The standard InChI is InChI=1S/C10H11NO/c1-3-11-10(12)9-6-4-5-8(2)7-9/h2,4-7H,3H2,1H3,(H,11,12). The molecule has 0 atom stereocenters. The maximum atomic E-state index is 11.2. The first-order chi connectivity index (χ1) is 5.74. The number of hydrogen-bond acceptors (Lipinski definition) is 1. The summed E-state index contributed by atoms with van der Waals surface area (Å²) in [6, 6.07) is 6.91. The van der Waals surface area contributed by atoms with Crippen molar-refractivity contribution in [2.45, 2.75) is 6.92 Å². The lowest BCUT2D eigenvalue weighted by Crippen LogP contribution is -2.22. The highest BCUT2D eigenvalue weighted by Gasteiger charge is 2.01. The van der Waals surface area contributed by atoms with Crippen molar-refractivity contribution in [2.24, 2.45) is 0 Å². The molecule has 0 unspecified atom stereocenters. The fourth-order valence-electron chi connectivity index (χ4n) is 0.943. The molecule has 1 aromatic carbocycles. The molecule has 0 aliphatic rings. The lowest BCUT2D eigenvalue weighted by Gasteiger charge is -2.01. The van der Waals surface area contributed by atoms with E-state index in [1.807, 2.05) is 6.92 Å². The van der Waals surface area contributed by atoms with Crippen LogP contribution in [0.15, 0.2) is 24.3 Å². The molecule has 2 radical (unpaired) electrons. The van der Waals surface area contributed by atoms with Gasteiger partial charge in [-0.3, -0.25) is 4.79 Å². The molecular weight excluding hydrogens is 150 g/mol. The second-order valence-corrected chi connectivity index (χ2v) is 2.48. The van der Waals surface area contributed by atoms with Crippen LogP contribution in [0.1, 0.15) is 22.8 Å². The summed E-state index contributed by atoms with van der Waals surface area (Å²) in [5.41, 5.74) is 1.22. The van der Waals surface area contributed by atoms with Crippen molar-refractivity contribution in [2.75, 3.05) is 6.54 Å². The Morgan fingerprint density at radius 1 is 1.58 bits per heavy atom. The molecular formula is C10H11NO. The maximum absolute atomic E-state index is 11.2. The minimum Gasteiger partial charge on any atom is -0.352 e. The van der Waals surface area contributed by atoms with Gasteiger partial charge in [-0.25, -0.2) is 0 Å². The van der Waals surface area contributed by atoms with Gasteiger partial charge in [0.25, 0.3) is 5.91 Å². The molecule has 0 saturated heterocycles. The first-order valence-corrected chi connectivity index (χ1v) is 3.87. The number of amides is 1. The predicted octanol–water partition coefficient (Wildman–Crippen LogP) is 1.50. The smallest absolute Gasteiger partial charge is 0.251 e. The highest BCUT2D eigenvalue weighted by molar-refractivity contribution is 5.94. The van der Waals surface area contributed by atoms with Gasteiger partial charge in [0.1, 0.15) is 0 Å². The number of benzene rings is 1. The average molecular weight is 161 g/mol. The van der Waals surface area contributed by atoms with Gasteiger partial charge in [-0.2, -0.15) is 0 Å². The number of carbonyl (C=O) groups is 1. The average Bonchev–Trinajstić information content (AvgIpc) is 2.05. The molecule has 12 heavy (non-hydrogen) atoms. The molecule has 1 aromatic rings. The Morgan fingerprint density at radius 3 is 2.92 bits per heavy atom. The van der Waals surface area contributed by atoms with E-state index in [0.29, 0.717) is 17.7 Å². The van der Waals surface area contributed by atoms with E-state index in [1.165, 1.54) is 0 Å². The Balaban J connectivity index is 2.81.